The van der Waals surface area contributed by atoms with E-state index in [0.717, 1.165) is 12.8 Å². The molecule has 54 valence electrons. The number of hydrogen-bond acceptors (Lipinski definition) is 2. The zero-order valence-electron chi connectivity index (χ0n) is 5.63. The smallest absolute Gasteiger partial charge is 0.327 e. The van der Waals surface area contributed by atoms with Crippen LogP contribution in [0.25, 0.3) is 0 Å². The molecule has 3 heteroatoms. The molecule has 0 aromatic rings. The summed E-state index contributed by atoms with van der Waals surface area (Å²) in [6, 6.07) is 0. The zero-order valence-corrected chi connectivity index (χ0v) is 5.63. The van der Waals surface area contributed by atoms with Gasteiger partial charge in [-0.3, -0.25) is 0 Å². The number of hydrogen-bond donors (Lipinski definition) is 2. The van der Waals surface area contributed by atoms with Gasteiger partial charge in [-0.2, -0.15) is 0 Å². The molecule has 0 aromatic carbocycles. The van der Waals surface area contributed by atoms with Gasteiger partial charge >= 0.3 is 5.97 Å². The van der Waals surface area contributed by atoms with Gasteiger partial charge in [0.15, 0.2) is 0 Å². The summed E-state index contributed by atoms with van der Waals surface area (Å²) in [5.41, 5.74) is 0. The molecule has 4 N–H and O–H groups in total. The van der Waals surface area contributed by atoms with Crippen molar-refractivity contribution in [1.29, 1.82) is 0 Å². The molecular formula is C6H13NO2. The van der Waals surface area contributed by atoms with E-state index >= 15 is 0 Å². The molecule has 9 heavy (non-hydrogen) atoms. The fraction of sp³-hybridized carbons (Fsp3) is 0.500. The number of unbranched alkanes of at least 4 members (excludes halogenated alkanes) is 1. The highest BCUT2D eigenvalue weighted by Gasteiger charge is 1.81. The van der Waals surface area contributed by atoms with Crippen molar-refractivity contribution in [1.82, 2.24) is 6.15 Å². The summed E-state index contributed by atoms with van der Waals surface area (Å²) in [4.78, 5) is 9.79. The Morgan fingerprint density at radius 1 is 1.67 bits per heavy atom. The number of allylic oxidation sites excluding steroid dienone is 1. The monoisotopic (exact) mass is 131 g/mol. The first-order chi connectivity index (χ1) is 3.77. The van der Waals surface area contributed by atoms with Crippen LogP contribution < -0.4 is 6.15 Å². The maximum atomic E-state index is 9.79. The molecule has 0 aliphatic rings. The van der Waals surface area contributed by atoms with Crippen molar-refractivity contribution in [3.05, 3.63) is 12.2 Å². The summed E-state index contributed by atoms with van der Waals surface area (Å²) in [7, 11) is 0. The fourth-order valence-electron chi connectivity index (χ4n) is 0.351. The molecule has 0 rings (SSSR count). The third-order valence-electron chi connectivity index (χ3n) is 0.716. The van der Waals surface area contributed by atoms with Crippen LogP contribution in [-0.4, -0.2) is 11.1 Å². The molecule has 0 saturated carbocycles. The predicted molar refractivity (Wildman–Crippen MR) is 36.7 cm³/mol. The second-order valence-corrected chi connectivity index (χ2v) is 1.53. The molecule has 0 aliphatic carbocycles. The highest BCUT2D eigenvalue weighted by molar-refractivity contribution is 5.79. The van der Waals surface area contributed by atoms with Crippen LogP contribution in [0.1, 0.15) is 19.8 Å². The van der Waals surface area contributed by atoms with Crippen LogP contribution in [0.5, 0.6) is 0 Å². The highest BCUT2D eigenvalue weighted by Crippen LogP contribution is 1.86. The fourth-order valence-corrected chi connectivity index (χ4v) is 0.351. The second kappa shape index (κ2) is 7.17. The van der Waals surface area contributed by atoms with Gasteiger partial charge in [-0.05, 0) is 6.42 Å². The molecule has 3 nitrogen and oxygen atoms in total. The Kier molecular flexibility index (Phi) is 8.79. The Morgan fingerprint density at radius 3 is 2.56 bits per heavy atom. The SMILES string of the molecule is CCCC=CC(=O)O.N. The minimum Gasteiger partial charge on any atom is -0.478 e. The van der Waals surface area contributed by atoms with Gasteiger partial charge in [0.2, 0.25) is 0 Å². The minimum atomic E-state index is -0.863. The Bertz CT molecular complexity index is 99.2. The molecule has 0 radical (unpaired) electrons. The third-order valence-corrected chi connectivity index (χ3v) is 0.716. The van der Waals surface area contributed by atoms with Crippen molar-refractivity contribution in [3.8, 4) is 0 Å². The largest absolute Gasteiger partial charge is 0.478 e. The maximum absolute atomic E-state index is 9.79. The highest BCUT2D eigenvalue weighted by atomic mass is 16.4. The summed E-state index contributed by atoms with van der Waals surface area (Å²) in [5, 5.41) is 8.05. The van der Waals surface area contributed by atoms with Crippen molar-refractivity contribution in [2.24, 2.45) is 0 Å². The molecule has 0 bridgehead atoms. The number of aliphatic carboxylic acids is 1. The second-order valence-electron chi connectivity index (χ2n) is 1.53. The summed E-state index contributed by atoms with van der Waals surface area (Å²) in [6.07, 6.45) is 4.68. The van der Waals surface area contributed by atoms with Gasteiger partial charge in [0.05, 0.1) is 0 Å². The molecule has 0 amide bonds. The van der Waals surface area contributed by atoms with Crippen LogP contribution in [0, 0.1) is 0 Å². The van der Waals surface area contributed by atoms with E-state index < -0.39 is 5.97 Å². The van der Waals surface area contributed by atoms with Crippen molar-refractivity contribution in [2.75, 3.05) is 0 Å². The molecule has 0 atom stereocenters. The van der Waals surface area contributed by atoms with Crippen LogP contribution in [0.15, 0.2) is 12.2 Å². The summed E-state index contributed by atoms with van der Waals surface area (Å²) >= 11 is 0. The van der Waals surface area contributed by atoms with Crippen molar-refractivity contribution in [2.45, 2.75) is 19.8 Å². The van der Waals surface area contributed by atoms with Gasteiger partial charge < -0.3 is 11.3 Å². The van der Waals surface area contributed by atoms with Crippen LogP contribution in [0.3, 0.4) is 0 Å². The lowest BCUT2D eigenvalue weighted by atomic mass is 10.3. The number of carbonyl (C=O) groups is 1. The van der Waals surface area contributed by atoms with E-state index in [0.29, 0.717) is 0 Å². The molecular weight excluding hydrogens is 118 g/mol. The topological polar surface area (TPSA) is 72.3 Å². The first-order valence-electron chi connectivity index (χ1n) is 2.67. The molecule has 0 fully saturated rings. The van der Waals surface area contributed by atoms with Crippen LogP contribution in [0.2, 0.25) is 0 Å². The van der Waals surface area contributed by atoms with E-state index in [2.05, 4.69) is 0 Å². The summed E-state index contributed by atoms with van der Waals surface area (Å²) in [5.74, 6) is -0.863. The maximum Gasteiger partial charge on any atom is 0.327 e. The van der Waals surface area contributed by atoms with Gasteiger partial charge in [0, 0.05) is 6.08 Å². The summed E-state index contributed by atoms with van der Waals surface area (Å²) < 4.78 is 0. The first-order valence-corrected chi connectivity index (χ1v) is 2.67. The van der Waals surface area contributed by atoms with E-state index in [1.54, 1.807) is 6.08 Å². The van der Waals surface area contributed by atoms with Crippen molar-refractivity contribution >= 4 is 5.97 Å². The van der Waals surface area contributed by atoms with Crippen molar-refractivity contribution in [3.63, 3.8) is 0 Å². The third kappa shape index (κ3) is 11.0. The lowest BCUT2D eigenvalue weighted by Gasteiger charge is -1.79. The van der Waals surface area contributed by atoms with Gasteiger partial charge in [0.1, 0.15) is 0 Å². The predicted octanol–water partition coefficient (Wildman–Crippen LogP) is 1.59. The van der Waals surface area contributed by atoms with Crippen LogP contribution in [-0.2, 0) is 4.79 Å². The molecule has 0 spiro atoms. The summed E-state index contributed by atoms with van der Waals surface area (Å²) in [6.45, 7) is 2.01. The molecule has 0 aliphatic heterocycles. The zero-order chi connectivity index (χ0) is 6.41. The van der Waals surface area contributed by atoms with E-state index in [-0.39, 0.29) is 6.15 Å². The minimum absolute atomic E-state index is 0. The quantitative estimate of drug-likeness (QED) is 0.571. The van der Waals surface area contributed by atoms with Gasteiger partial charge in [-0.1, -0.05) is 19.4 Å². The molecule has 0 unspecified atom stereocenters. The van der Waals surface area contributed by atoms with E-state index in [4.69, 9.17) is 5.11 Å². The van der Waals surface area contributed by atoms with Gasteiger partial charge in [0.25, 0.3) is 0 Å². The van der Waals surface area contributed by atoms with E-state index in [9.17, 15) is 4.79 Å². The van der Waals surface area contributed by atoms with Crippen LogP contribution >= 0.6 is 0 Å². The van der Waals surface area contributed by atoms with Crippen molar-refractivity contribution < 1.29 is 9.90 Å². The van der Waals surface area contributed by atoms with Gasteiger partial charge in [-0.25, -0.2) is 4.79 Å². The van der Waals surface area contributed by atoms with Gasteiger partial charge in [-0.15, -0.1) is 0 Å². The molecule has 0 heterocycles. The number of rotatable bonds is 3. The lowest BCUT2D eigenvalue weighted by Crippen LogP contribution is -1.84. The van der Waals surface area contributed by atoms with Crippen LogP contribution in [0.4, 0.5) is 0 Å². The Morgan fingerprint density at radius 2 is 2.22 bits per heavy atom. The average Bonchev–Trinajstić information content (AvgIpc) is 1.66. The first kappa shape index (κ1) is 11.0. The number of carboxylic acids is 1. The van der Waals surface area contributed by atoms with E-state index in [1.165, 1.54) is 6.08 Å². The normalized spacial score (nSPS) is 9.00. The Balaban J connectivity index is 0. The number of carboxylic acid groups (broad SMARTS) is 1. The Labute approximate surface area is 55.0 Å². The molecule has 0 aromatic heterocycles. The average molecular weight is 131 g/mol. The Hall–Kier alpha value is -0.830. The molecule has 0 saturated heterocycles. The lowest BCUT2D eigenvalue weighted by molar-refractivity contribution is -0.131. The van der Waals surface area contributed by atoms with E-state index in [1.807, 2.05) is 6.92 Å². The standard InChI is InChI=1S/C6H10O2.H3N/c1-2-3-4-5-6(7)8;/h4-5H,2-3H2,1H3,(H,7,8);1H3.